The molecule has 1 heterocycles. The fourth-order valence-corrected chi connectivity index (χ4v) is 3.15. The first-order valence-corrected chi connectivity index (χ1v) is 9.19. The summed E-state index contributed by atoms with van der Waals surface area (Å²) >= 11 is 12.0. The molecule has 0 atom stereocenters. The van der Waals surface area contributed by atoms with Crippen LogP contribution >= 0.6 is 23.2 Å². The number of benzene rings is 2. The predicted molar refractivity (Wildman–Crippen MR) is 113 cm³/mol. The molecule has 0 fully saturated rings. The van der Waals surface area contributed by atoms with Crippen molar-refractivity contribution in [1.29, 1.82) is 5.26 Å². The van der Waals surface area contributed by atoms with Crippen LogP contribution in [0.3, 0.4) is 0 Å². The lowest BCUT2D eigenvalue weighted by Gasteiger charge is -2.10. The van der Waals surface area contributed by atoms with Gasteiger partial charge in [0.15, 0.2) is 5.69 Å². The third-order valence-electron chi connectivity index (χ3n) is 4.15. The third-order valence-corrected chi connectivity index (χ3v) is 4.72. The Bertz CT molecular complexity index is 1260. The highest BCUT2D eigenvalue weighted by atomic mass is 35.5. The van der Waals surface area contributed by atoms with Crippen molar-refractivity contribution in [1.82, 2.24) is 9.78 Å². The van der Waals surface area contributed by atoms with E-state index in [1.807, 2.05) is 0 Å². The highest BCUT2D eigenvalue weighted by molar-refractivity contribution is 6.35. The van der Waals surface area contributed by atoms with Crippen molar-refractivity contribution in [2.24, 2.45) is 0 Å². The van der Waals surface area contributed by atoms with E-state index in [9.17, 15) is 20.0 Å². The Morgan fingerprint density at radius 2 is 1.90 bits per heavy atom. The van der Waals surface area contributed by atoms with Gasteiger partial charge in [-0.25, -0.2) is 4.79 Å². The van der Waals surface area contributed by atoms with Gasteiger partial charge in [-0.15, -0.1) is 0 Å². The zero-order valence-electron chi connectivity index (χ0n) is 15.5. The van der Waals surface area contributed by atoms with E-state index in [0.29, 0.717) is 21.4 Å². The van der Waals surface area contributed by atoms with Gasteiger partial charge in [0.05, 0.1) is 12.8 Å². The molecule has 9 heteroatoms. The van der Waals surface area contributed by atoms with E-state index in [4.69, 9.17) is 27.9 Å². The van der Waals surface area contributed by atoms with E-state index in [2.05, 4.69) is 5.10 Å². The first-order chi connectivity index (χ1) is 14.3. The van der Waals surface area contributed by atoms with E-state index in [0.717, 1.165) is 4.68 Å². The van der Waals surface area contributed by atoms with Crippen molar-refractivity contribution >= 4 is 41.3 Å². The van der Waals surface area contributed by atoms with Crippen molar-refractivity contribution in [2.75, 3.05) is 7.11 Å². The van der Waals surface area contributed by atoms with Gasteiger partial charge in [0.25, 0.3) is 5.56 Å². The Balaban J connectivity index is 2.19. The van der Waals surface area contributed by atoms with Crippen molar-refractivity contribution < 1.29 is 14.6 Å². The number of hydrogen-bond donors (Lipinski definition) is 1. The van der Waals surface area contributed by atoms with Crippen molar-refractivity contribution in [3.05, 3.63) is 85.2 Å². The summed E-state index contributed by atoms with van der Waals surface area (Å²) in [7, 11) is 1.49. The molecule has 0 aliphatic heterocycles. The number of nitrogens with zero attached hydrogens (tertiary/aromatic N) is 3. The Morgan fingerprint density at radius 3 is 2.47 bits per heavy atom. The maximum Gasteiger partial charge on any atom is 0.357 e. The third kappa shape index (κ3) is 4.20. The molecule has 0 saturated heterocycles. The first-order valence-electron chi connectivity index (χ1n) is 8.44. The smallest absolute Gasteiger partial charge is 0.357 e. The number of ether oxygens (including phenoxy) is 1. The van der Waals surface area contributed by atoms with Crippen LogP contribution in [0, 0.1) is 11.3 Å². The summed E-state index contributed by atoms with van der Waals surface area (Å²) in [5.74, 6) is -0.847. The molecule has 150 valence electrons. The summed E-state index contributed by atoms with van der Waals surface area (Å²) in [6.07, 6.45) is 2.81. The van der Waals surface area contributed by atoms with Gasteiger partial charge in [0.1, 0.15) is 17.4 Å². The van der Waals surface area contributed by atoms with Crippen LogP contribution in [0.2, 0.25) is 10.0 Å². The second kappa shape index (κ2) is 8.82. The molecule has 0 bridgehead atoms. The highest BCUT2D eigenvalue weighted by Crippen LogP contribution is 2.24. The molecule has 3 aromatic rings. The number of methoxy groups -OCH3 is 1. The summed E-state index contributed by atoms with van der Waals surface area (Å²) in [6, 6.07) is 12.8. The molecule has 0 spiro atoms. The molecule has 2 aromatic carbocycles. The van der Waals surface area contributed by atoms with Gasteiger partial charge in [0.2, 0.25) is 0 Å². The maximum absolute atomic E-state index is 12.8. The van der Waals surface area contributed by atoms with Crippen molar-refractivity contribution in [3.63, 3.8) is 0 Å². The number of aromatic carboxylic acids is 1. The van der Waals surface area contributed by atoms with Gasteiger partial charge in [-0.05, 0) is 42.0 Å². The number of carbonyl (C=O) groups is 1. The molecule has 0 unspecified atom stereocenters. The van der Waals surface area contributed by atoms with Crippen LogP contribution in [0.25, 0.3) is 17.8 Å². The standard InChI is InChI=1S/C21H13Cl2N3O4/c1-30-15-7-5-14(6-8-15)26-20(27)17(11-24)16(19(25-26)21(28)29)9-3-12-2-4-13(22)10-18(12)23/h2-10H,1H3,(H,28,29)/b9-3-. The summed E-state index contributed by atoms with van der Waals surface area (Å²) in [5, 5.41) is 23.9. The fraction of sp³-hybridized carbons (Fsp3) is 0.0476. The Morgan fingerprint density at radius 1 is 1.20 bits per heavy atom. The largest absolute Gasteiger partial charge is 0.497 e. The topological polar surface area (TPSA) is 105 Å². The second-order valence-electron chi connectivity index (χ2n) is 5.97. The predicted octanol–water partition coefficient (Wildman–Crippen LogP) is 4.29. The van der Waals surface area contributed by atoms with Gasteiger partial charge in [0, 0.05) is 15.6 Å². The zero-order chi connectivity index (χ0) is 21.8. The average molecular weight is 442 g/mol. The highest BCUT2D eigenvalue weighted by Gasteiger charge is 2.21. The van der Waals surface area contributed by atoms with Gasteiger partial charge >= 0.3 is 5.97 Å². The Kier molecular flexibility index (Phi) is 6.21. The number of aromatic nitrogens is 2. The lowest BCUT2D eigenvalue weighted by Crippen LogP contribution is -2.28. The van der Waals surface area contributed by atoms with Crippen LogP contribution in [-0.2, 0) is 0 Å². The summed E-state index contributed by atoms with van der Waals surface area (Å²) in [4.78, 5) is 24.7. The van der Waals surface area contributed by atoms with Gasteiger partial charge in [-0.3, -0.25) is 4.79 Å². The average Bonchev–Trinajstić information content (AvgIpc) is 2.73. The number of hydrogen-bond acceptors (Lipinski definition) is 5. The summed E-state index contributed by atoms with van der Waals surface area (Å²) < 4.78 is 5.94. The number of carboxylic acids is 1. The fourth-order valence-electron chi connectivity index (χ4n) is 2.68. The molecule has 1 aromatic heterocycles. The van der Waals surface area contributed by atoms with Crippen LogP contribution < -0.4 is 10.3 Å². The molecular formula is C21H13Cl2N3O4. The second-order valence-corrected chi connectivity index (χ2v) is 6.81. The zero-order valence-corrected chi connectivity index (χ0v) is 17.0. The number of carboxylic acid groups (broad SMARTS) is 1. The van der Waals surface area contributed by atoms with E-state index < -0.39 is 17.2 Å². The van der Waals surface area contributed by atoms with Crippen LogP contribution in [0.1, 0.15) is 27.2 Å². The SMILES string of the molecule is COc1ccc(-n2nc(C(=O)O)c(/C=C\c3ccc(Cl)cc3Cl)c(C#N)c2=O)cc1. The summed E-state index contributed by atoms with van der Waals surface area (Å²) in [6.45, 7) is 0. The van der Waals surface area contributed by atoms with Crippen LogP contribution in [0.4, 0.5) is 0 Å². The number of rotatable bonds is 5. The van der Waals surface area contributed by atoms with E-state index >= 15 is 0 Å². The van der Waals surface area contributed by atoms with E-state index in [1.165, 1.54) is 37.5 Å². The lowest BCUT2D eigenvalue weighted by molar-refractivity contribution is 0.0688. The Labute approximate surface area is 181 Å². The van der Waals surface area contributed by atoms with E-state index in [1.54, 1.807) is 30.3 Å². The maximum atomic E-state index is 12.8. The first kappa shape index (κ1) is 21.1. The van der Waals surface area contributed by atoms with Gasteiger partial charge < -0.3 is 9.84 Å². The minimum Gasteiger partial charge on any atom is -0.497 e. The molecule has 0 saturated carbocycles. The molecule has 3 rings (SSSR count). The summed E-state index contributed by atoms with van der Waals surface area (Å²) in [5.41, 5.74) is -0.875. The minimum atomic E-state index is -1.39. The molecule has 0 radical (unpaired) electrons. The molecule has 0 amide bonds. The Hall–Kier alpha value is -3.60. The quantitative estimate of drug-likeness (QED) is 0.632. The molecule has 1 N–H and O–H groups in total. The normalized spacial score (nSPS) is 10.7. The van der Waals surface area contributed by atoms with Gasteiger partial charge in [-0.1, -0.05) is 41.4 Å². The van der Waals surface area contributed by atoms with Crippen LogP contribution in [0.5, 0.6) is 5.75 Å². The van der Waals surface area contributed by atoms with Crippen LogP contribution in [0.15, 0.2) is 47.3 Å². The van der Waals surface area contributed by atoms with E-state index in [-0.39, 0.29) is 16.8 Å². The van der Waals surface area contributed by atoms with Crippen LogP contribution in [-0.4, -0.2) is 28.0 Å². The molecule has 0 aliphatic carbocycles. The molecule has 30 heavy (non-hydrogen) atoms. The molecular weight excluding hydrogens is 429 g/mol. The molecule has 0 aliphatic rings. The molecule has 7 nitrogen and oxygen atoms in total. The lowest BCUT2D eigenvalue weighted by atomic mass is 10.1. The van der Waals surface area contributed by atoms with Gasteiger partial charge in [-0.2, -0.15) is 15.0 Å². The van der Waals surface area contributed by atoms with Crippen molar-refractivity contribution in [3.8, 4) is 17.5 Å². The van der Waals surface area contributed by atoms with Crippen molar-refractivity contribution in [2.45, 2.75) is 0 Å². The minimum absolute atomic E-state index is 0.120. The number of nitriles is 1. The monoisotopic (exact) mass is 441 g/mol. The number of halogens is 2.